The van der Waals surface area contributed by atoms with Crippen LogP contribution in [-0.4, -0.2) is 25.5 Å². The van der Waals surface area contributed by atoms with Gasteiger partial charge in [0.2, 0.25) is 0 Å². The van der Waals surface area contributed by atoms with Crippen molar-refractivity contribution in [3.8, 4) is 0 Å². The predicted octanol–water partition coefficient (Wildman–Crippen LogP) is 3.39. The van der Waals surface area contributed by atoms with E-state index in [0.29, 0.717) is 12.6 Å². The maximum Gasteiger partial charge on any atom is 0.419 e. The summed E-state index contributed by atoms with van der Waals surface area (Å²) in [5, 5.41) is 5.75. The van der Waals surface area contributed by atoms with Gasteiger partial charge in [-0.05, 0) is 36.9 Å². The van der Waals surface area contributed by atoms with E-state index in [-0.39, 0.29) is 24.4 Å². The molecule has 1 atom stereocenters. The third-order valence-corrected chi connectivity index (χ3v) is 3.91. The van der Waals surface area contributed by atoms with Gasteiger partial charge in [-0.3, -0.25) is 4.79 Å². The lowest BCUT2D eigenvalue weighted by Gasteiger charge is -2.34. The van der Waals surface area contributed by atoms with Crippen LogP contribution in [0.5, 0.6) is 0 Å². The first-order valence-electron chi connectivity index (χ1n) is 7.08. The summed E-state index contributed by atoms with van der Waals surface area (Å²) in [6, 6.07) is 2.71. The van der Waals surface area contributed by atoms with Gasteiger partial charge in [0, 0.05) is 13.1 Å². The van der Waals surface area contributed by atoms with Crippen molar-refractivity contribution in [2.45, 2.75) is 25.9 Å². The Balaban J connectivity index is 0.00000264. The number of hydrogen-bond acceptors (Lipinski definition) is 2. The minimum atomic E-state index is -4.82. The lowest BCUT2D eigenvalue weighted by atomic mass is 9.83. The van der Waals surface area contributed by atoms with Gasteiger partial charge < -0.3 is 10.6 Å². The lowest BCUT2D eigenvalue weighted by Crippen LogP contribution is -2.45. The van der Waals surface area contributed by atoms with E-state index in [1.165, 1.54) is 0 Å². The molecular formula is C15H19ClF4N2O. The number of carbonyl (C=O) groups is 1. The molecule has 1 aliphatic heterocycles. The highest BCUT2D eigenvalue weighted by Gasteiger charge is 2.36. The van der Waals surface area contributed by atoms with Crippen molar-refractivity contribution in [2.75, 3.05) is 19.6 Å². The molecule has 3 nitrogen and oxygen atoms in total. The molecule has 0 saturated carbocycles. The molecule has 0 bridgehead atoms. The fourth-order valence-corrected chi connectivity index (χ4v) is 2.58. The molecule has 8 heteroatoms. The highest BCUT2D eigenvalue weighted by atomic mass is 35.5. The number of amides is 1. The van der Waals surface area contributed by atoms with Crippen LogP contribution in [0.3, 0.4) is 0 Å². The first kappa shape index (κ1) is 19.7. The minimum Gasteiger partial charge on any atom is -0.351 e. The Morgan fingerprint density at radius 1 is 1.39 bits per heavy atom. The number of benzene rings is 1. The van der Waals surface area contributed by atoms with Crippen LogP contribution < -0.4 is 10.6 Å². The van der Waals surface area contributed by atoms with Crippen molar-refractivity contribution in [3.05, 3.63) is 35.1 Å². The molecule has 1 aromatic carbocycles. The van der Waals surface area contributed by atoms with E-state index in [9.17, 15) is 22.4 Å². The maximum absolute atomic E-state index is 13.9. The number of halogens is 5. The molecule has 1 aliphatic rings. The predicted molar refractivity (Wildman–Crippen MR) is 81.2 cm³/mol. The zero-order valence-electron chi connectivity index (χ0n) is 12.6. The Bertz CT molecular complexity index is 557. The molecule has 0 aromatic heterocycles. The summed E-state index contributed by atoms with van der Waals surface area (Å²) < 4.78 is 51.8. The smallest absolute Gasteiger partial charge is 0.351 e. The Kier molecular flexibility index (Phi) is 6.41. The summed E-state index contributed by atoms with van der Waals surface area (Å²) in [6.07, 6.45) is -2.96. The molecule has 1 saturated heterocycles. The van der Waals surface area contributed by atoms with Gasteiger partial charge in [0.05, 0.1) is 11.1 Å². The van der Waals surface area contributed by atoms with Crippen LogP contribution in [0.1, 0.15) is 35.7 Å². The van der Waals surface area contributed by atoms with E-state index in [1.54, 1.807) is 0 Å². The molecule has 130 valence electrons. The topological polar surface area (TPSA) is 41.1 Å². The van der Waals surface area contributed by atoms with Gasteiger partial charge in [0.25, 0.3) is 5.91 Å². The molecule has 23 heavy (non-hydrogen) atoms. The molecule has 1 amide bonds. The number of rotatable bonds is 3. The van der Waals surface area contributed by atoms with Gasteiger partial charge in [0.1, 0.15) is 5.82 Å². The van der Waals surface area contributed by atoms with Crippen LogP contribution in [0.25, 0.3) is 0 Å². The SMILES string of the molecule is CC1(CNC(=O)c2cccc(C(F)(F)F)c2F)CCCNC1.Cl. The van der Waals surface area contributed by atoms with E-state index in [1.807, 2.05) is 6.92 Å². The molecular weight excluding hydrogens is 336 g/mol. The summed E-state index contributed by atoms with van der Waals surface area (Å²) in [6.45, 7) is 3.88. The summed E-state index contributed by atoms with van der Waals surface area (Å²) in [4.78, 5) is 12.0. The van der Waals surface area contributed by atoms with E-state index in [4.69, 9.17) is 0 Å². The van der Waals surface area contributed by atoms with Crippen molar-refractivity contribution >= 4 is 18.3 Å². The first-order valence-corrected chi connectivity index (χ1v) is 7.08. The fraction of sp³-hybridized carbons (Fsp3) is 0.533. The molecule has 1 heterocycles. The Morgan fingerprint density at radius 3 is 2.65 bits per heavy atom. The number of hydrogen-bond donors (Lipinski definition) is 2. The maximum atomic E-state index is 13.9. The van der Waals surface area contributed by atoms with Crippen molar-refractivity contribution in [1.82, 2.24) is 10.6 Å². The third kappa shape index (κ3) is 4.81. The zero-order chi connectivity index (χ0) is 16.4. The highest BCUT2D eigenvalue weighted by molar-refractivity contribution is 5.94. The Morgan fingerprint density at radius 2 is 2.09 bits per heavy atom. The average Bonchev–Trinajstić information content (AvgIpc) is 2.45. The van der Waals surface area contributed by atoms with E-state index in [2.05, 4.69) is 10.6 Å². The second-order valence-corrected chi connectivity index (χ2v) is 5.94. The normalized spacial score (nSPS) is 21.4. The molecule has 2 rings (SSSR count). The van der Waals surface area contributed by atoms with Gasteiger partial charge >= 0.3 is 6.18 Å². The average molecular weight is 355 g/mol. The second kappa shape index (κ2) is 7.49. The highest BCUT2D eigenvalue weighted by Crippen LogP contribution is 2.32. The Hall–Kier alpha value is -1.34. The van der Waals surface area contributed by atoms with Gasteiger partial charge in [-0.25, -0.2) is 4.39 Å². The summed E-state index contributed by atoms with van der Waals surface area (Å²) in [5.74, 6) is -2.35. The number of nitrogens with one attached hydrogen (secondary N) is 2. The summed E-state index contributed by atoms with van der Waals surface area (Å²) in [5.41, 5.74) is -2.18. The molecule has 0 aliphatic carbocycles. The second-order valence-electron chi connectivity index (χ2n) is 5.94. The van der Waals surface area contributed by atoms with Gasteiger partial charge in [0.15, 0.2) is 0 Å². The van der Waals surface area contributed by atoms with Gasteiger partial charge in [-0.2, -0.15) is 13.2 Å². The van der Waals surface area contributed by atoms with Crippen molar-refractivity contribution in [1.29, 1.82) is 0 Å². The molecule has 0 spiro atoms. The van der Waals surface area contributed by atoms with Crippen molar-refractivity contribution < 1.29 is 22.4 Å². The first-order chi connectivity index (χ1) is 10.2. The van der Waals surface area contributed by atoms with Crippen LogP contribution >= 0.6 is 12.4 Å². The van der Waals surface area contributed by atoms with Gasteiger partial charge in [-0.1, -0.05) is 13.0 Å². The van der Waals surface area contributed by atoms with Crippen LogP contribution in [0.4, 0.5) is 17.6 Å². The largest absolute Gasteiger partial charge is 0.419 e. The van der Waals surface area contributed by atoms with Crippen LogP contribution in [0, 0.1) is 11.2 Å². The molecule has 0 radical (unpaired) electrons. The molecule has 2 N–H and O–H groups in total. The van der Waals surface area contributed by atoms with Crippen LogP contribution in [0.2, 0.25) is 0 Å². The lowest BCUT2D eigenvalue weighted by molar-refractivity contribution is -0.140. The summed E-state index contributed by atoms with van der Waals surface area (Å²) in [7, 11) is 0. The molecule has 1 aromatic rings. The van der Waals surface area contributed by atoms with Crippen LogP contribution in [-0.2, 0) is 6.18 Å². The van der Waals surface area contributed by atoms with Crippen LogP contribution in [0.15, 0.2) is 18.2 Å². The molecule has 1 unspecified atom stereocenters. The van der Waals surface area contributed by atoms with E-state index < -0.39 is 29.0 Å². The van der Waals surface area contributed by atoms with Gasteiger partial charge in [-0.15, -0.1) is 12.4 Å². The Labute approximate surface area is 138 Å². The van der Waals surface area contributed by atoms with Crippen molar-refractivity contribution in [2.24, 2.45) is 5.41 Å². The summed E-state index contributed by atoms with van der Waals surface area (Å²) >= 11 is 0. The van der Waals surface area contributed by atoms with E-state index in [0.717, 1.165) is 31.5 Å². The van der Waals surface area contributed by atoms with E-state index >= 15 is 0 Å². The number of carbonyl (C=O) groups excluding carboxylic acids is 1. The van der Waals surface area contributed by atoms with Crippen molar-refractivity contribution in [3.63, 3.8) is 0 Å². The molecule has 1 fully saturated rings. The number of alkyl halides is 3. The fourth-order valence-electron chi connectivity index (χ4n) is 2.58. The third-order valence-electron chi connectivity index (χ3n) is 3.91. The quantitative estimate of drug-likeness (QED) is 0.817. The minimum absolute atomic E-state index is 0. The standard InChI is InChI=1S/C15H18F4N2O.ClH/c1-14(6-3-7-20-8-14)9-21-13(22)10-4-2-5-11(12(10)16)15(17,18)19;/h2,4-5,20H,3,6-9H2,1H3,(H,21,22);1H. The number of piperidine rings is 1. The zero-order valence-corrected chi connectivity index (χ0v) is 13.4. The monoisotopic (exact) mass is 354 g/mol.